The maximum absolute atomic E-state index is 9.83. The molecule has 0 N–H and O–H groups in total. The molecule has 0 amide bonds. The molecule has 0 aromatic heterocycles. The van der Waals surface area contributed by atoms with E-state index in [1.165, 1.54) is 0 Å². The quantitative estimate of drug-likeness (QED) is 0.484. The van der Waals surface area contributed by atoms with Crippen molar-refractivity contribution in [1.82, 2.24) is 0 Å². The lowest BCUT2D eigenvalue weighted by molar-refractivity contribution is -0.113. The SMILES string of the molecule is CC.CC(C)(C)C=O.S. The van der Waals surface area contributed by atoms with Gasteiger partial charge in [0.15, 0.2) is 0 Å². The van der Waals surface area contributed by atoms with Gasteiger partial charge in [-0.1, -0.05) is 34.6 Å². The van der Waals surface area contributed by atoms with Crippen molar-refractivity contribution >= 4 is 19.8 Å². The molecule has 0 spiro atoms. The van der Waals surface area contributed by atoms with Crippen molar-refractivity contribution in [3.05, 3.63) is 0 Å². The molecule has 0 aliphatic heterocycles. The second-order valence-corrected chi connectivity index (χ2v) is 2.48. The Kier molecular flexibility index (Phi) is 14.3. The van der Waals surface area contributed by atoms with Crippen LogP contribution in [0.3, 0.4) is 0 Å². The first kappa shape index (κ1) is 16.0. The summed E-state index contributed by atoms with van der Waals surface area (Å²) in [6.45, 7) is 9.62. The van der Waals surface area contributed by atoms with Gasteiger partial charge in [0, 0.05) is 5.41 Å². The summed E-state index contributed by atoms with van der Waals surface area (Å²) in [7, 11) is 0. The zero-order chi connectivity index (χ0) is 7.21. The molecule has 9 heavy (non-hydrogen) atoms. The summed E-state index contributed by atoms with van der Waals surface area (Å²) in [5, 5.41) is 0. The van der Waals surface area contributed by atoms with Gasteiger partial charge in [0.05, 0.1) is 0 Å². The van der Waals surface area contributed by atoms with Crippen LogP contribution in [0.15, 0.2) is 0 Å². The van der Waals surface area contributed by atoms with Crippen molar-refractivity contribution in [1.29, 1.82) is 0 Å². The fourth-order valence-electron chi connectivity index (χ4n) is 0. The predicted molar refractivity (Wildman–Crippen MR) is 47.2 cm³/mol. The third-order valence-corrected chi connectivity index (χ3v) is 0.354. The largest absolute Gasteiger partial charge is 0.303 e. The monoisotopic (exact) mass is 150 g/mol. The average Bonchev–Trinajstić information content (AvgIpc) is 1.71. The Hall–Kier alpha value is 0.0200. The maximum Gasteiger partial charge on any atom is 0.125 e. The molecule has 0 unspecified atom stereocenters. The lowest BCUT2D eigenvalue weighted by atomic mass is 10.0. The fourth-order valence-corrected chi connectivity index (χ4v) is 0. The molecule has 58 valence electrons. The second kappa shape index (κ2) is 8.02. The average molecular weight is 150 g/mol. The van der Waals surface area contributed by atoms with Crippen LogP contribution in [0, 0.1) is 5.41 Å². The zero-order valence-corrected chi connectivity index (χ0v) is 7.99. The topological polar surface area (TPSA) is 17.1 Å². The standard InChI is InChI=1S/C5H10O.C2H6.H2S/c1-5(2,3)4-6;1-2;/h4H,1-3H3;1-2H3;1H2. The predicted octanol–water partition coefficient (Wildman–Crippen LogP) is 2.37. The third-order valence-electron chi connectivity index (χ3n) is 0.354. The Bertz CT molecular complexity index is 54.4. The van der Waals surface area contributed by atoms with E-state index in [1.807, 2.05) is 34.6 Å². The lowest BCUT2D eigenvalue weighted by Crippen LogP contribution is -2.04. The summed E-state index contributed by atoms with van der Waals surface area (Å²) in [5.41, 5.74) is -0.139. The van der Waals surface area contributed by atoms with E-state index in [0.717, 1.165) is 6.29 Å². The maximum atomic E-state index is 9.83. The molecule has 0 saturated heterocycles. The van der Waals surface area contributed by atoms with Crippen LogP contribution >= 0.6 is 13.5 Å². The Morgan fingerprint density at radius 3 is 1.22 bits per heavy atom. The molecule has 0 radical (unpaired) electrons. The smallest absolute Gasteiger partial charge is 0.125 e. The van der Waals surface area contributed by atoms with Crippen LogP contribution in [0.2, 0.25) is 0 Å². The van der Waals surface area contributed by atoms with Crippen molar-refractivity contribution in [3.8, 4) is 0 Å². The van der Waals surface area contributed by atoms with E-state index < -0.39 is 0 Å². The van der Waals surface area contributed by atoms with Gasteiger partial charge in [-0.3, -0.25) is 0 Å². The Balaban J connectivity index is -0.000000109. The molecule has 1 nitrogen and oxygen atoms in total. The van der Waals surface area contributed by atoms with Crippen molar-refractivity contribution < 1.29 is 4.79 Å². The summed E-state index contributed by atoms with van der Waals surface area (Å²) in [6.07, 6.45) is 0.938. The summed E-state index contributed by atoms with van der Waals surface area (Å²) < 4.78 is 0. The van der Waals surface area contributed by atoms with Gasteiger partial charge in [-0.25, -0.2) is 0 Å². The molecule has 0 aromatic rings. The number of hydrogen-bond acceptors (Lipinski definition) is 1. The van der Waals surface area contributed by atoms with Crippen molar-refractivity contribution in [2.75, 3.05) is 0 Å². The molecule has 0 rings (SSSR count). The van der Waals surface area contributed by atoms with E-state index in [0.29, 0.717) is 0 Å². The summed E-state index contributed by atoms with van der Waals surface area (Å²) in [4.78, 5) is 9.83. The van der Waals surface area contributed by atoms with Crippen LogP contribution in [-0.2, 0) is 4.79 Å². The van der Waals surface area contributed by atoms with Gasteiger partial charge in [-0.2, -0.15) is 13.5 Å². The molecule has 2 heteroatoms. The number of carbonyl (C=O) groups is 1. The normalized spacial score (nSPS) is 8.11. The van der Waals surface area contributed by atoms with Crippen molar-refractivity contribution in [2.24, 2.45) is 5.41 Å². The van der Waals surface area contributed by atoms with Gasteiger partial charge >= 0.3 is 0 Å². The van der Waals surface area contributed by atoms with E-state index in [1.54, 1.807) is 0 Å². The molecule has 0 atom stereocenters. The summed E-state index contributed by atoms with van der Waals surface area (Å²) in [6, 6.07) is 0. The van der Waals surface area contributed by atoms with Crippen LogP contribution in [0.5, 0.6) is 0 Å². The molecule has 0 aromatic carbocycles. The minimum Gasteiger partial charge on any atom is -0.303 e. The van der Waals surface area contributed by atoms with Gasteiger partial charge in [0.25, 0.3) is 0 Å². The van der Waals surface area contributed by atoms with E-state index >= 15 is 0 Å². The van der Waals surface area contributed by atoms with Crippen LogP contribution in [0.25, 0.3) is 0 Å². The molecule has 0 fully saturated rings. The molecule has 0 aliphatic carbocycles. The van der Waals surface area contributed by atoms with Crippen LogP contribution < -0.4 is 0 Å². The third kappa shape index (κ3) is 31.9. The van der Waals surface area contributed by atoms with Crippen LogP contribution in [0.4, 0.5) is 0 Å². The highest BCUT2D eigenvalue weighted by atomic mass is 32.1. The first-order valence-electron chi connectivity index (χ1n) is 3.02. The second-order valence-electron chi connectivity index (χ2n) is 2.48. The summed E-state index contributed by atoms with van der Waals surface area (Å²) >= 11 is 0. The molecular weight excluding hydrogens is 132 g/mol. The number of rotatable bonds is 0. The molecule has 0 bridgehead atoms. The molecule has 0 saturated carbocycles. The number of hydrogen-bond donors (Lipinski definition) is 0. The first-order chi connectivity index (χ1) is 3.56. The lowest BCUT2D eigenvalue weighted by Gasteiger charge is -2.03. The van der Waals surface area contributed by atoms with E-state index in [9.17, 15) is 4.79 Å². The minimum absolute atomic E-state index is 0. The highest BCUT2D eigenvalue weighted by Crippen LogP contribution is 2.05. The van der Waals surface area contributed by atoms with Gasteiger partial charge in [0.2, 0.25) is 0 Å². The minimum atomic E-state index is -0.139. The van der Waals surface area contributed by atoms with E-state index in [4.69, 9.17) is 0 Å². The molecule has 0 aliphatic rings. The van der Waals surface area contributed by atoms with Gasteiger partial charge in [0.1, 0.15) is 6.29 Å². The Labute approximate surface area is 65.3 Å². The van der Waals surface area contributed by atoms with Gasteiger partial charge in [-0.05, 0) is 0 Å². The highest BCUT2D eigenvalue weighted by molar-refractivity contribution is 7.59. The zero-order valence-electron chi connectivity index (χ0n) is 6.99. The number of aldehydes is 1. The van der Waals surface area contributed by atoms with Crippen molar-refractivity contribution in [3.63, 3.8) is 0 Å². The molecular formula is C7H18OS. The van der Waals surface area contributed by atoms with Gasteiger partial charge < -0.3 is 4.79 Å². The van der Waals surface area contributed by atoms with E-state index in [2.05, 4.69) is 0 Å². The van der Waals surface area contributed by atoms with Crippen LogP contribution in [-0.4, -0.2) is 6.29 Å². The fraction of sp³-hybridized carbons (Fsp3) is 0.857. The highest BCUT2D eigenvalue weighted by Gasteiger charge is 2.04. The van der Waals surface area contributed by atoms with Gasteiger partial charge in [-0.15, -0.1) is 0 Å². The van der Waals surface area contributed by atoms with E-state index in [-0.39, 0.29) is 18.9 Å². The van der Waals surface area contributed by atoms with Crippen LogP contribution in [0.1, 0.15) is 34.6 Å². The summed E-state index contributed by atoms with van der Waals surface area (Å²) in [5.74, 6) is 0. The number of carbonyl (C=O) groups excluding carboxylic acids is 1. The Morgan fingerprint density at radius 1 is 1.11 bits per heavy atom. The first-order valence-corrected chi connectivity index (χ1v) is 3.02. The Morgan fingerprint density at radius 2 is 1.22 bits per heavy atom. The molecule has 0 heterocycles. The van der Waals surface area contributed by atoms with Crippen molar-refractivity contribution in [2.45, 2.75) is 34.6 Å².